The highest BCUT2D eigenvalue weighted by molar-refractivity contribution is 9.10. The van der Waals surface area contributed by atoms with Gasteiger partial charge in [-0.05, 0) is 60.0 Å². The van der Waals surface area contributed by atoms with E-state index < -0.39 is 25.0 Å². The van der Waals surface area contributed by atoms with Crippen LogP contribution >= 0.6 is 46.5 Å². The molecule has 0 aliphatic rings. The number of thiophene rings is 1. The van der Waals surface area contributed by atoms with E-state index in [-0.39, 0.29) is 24.7 Å². The summed E-state index contributed by atoms with van der Waals surface area (Å²) < 4.78 is 66.8. The van der Waals surface area contributed by atoms with E-state index in [2.05, 4.69) is 15.9 Å². The van der Waals surface area contributed by atoms with Gasteiger partial charge in [-0.3, -0.25) is 4.57 Å². The molecule has 3 rings (SSSR count). The molecule has 31 heavy (non-hydrogen) atoms. The summed E-state index contributed by atoms with van der Waals surface area (Å²) in [4.78, 5) is 0.704. The first-order valence-electron chi connectivity index (χ1n) is 9.52. The largest absolute Gasteiger partial charge is 0.417 e. The van der Waals surface area contributed by atoms with Crippen molar-refractivity contribution < 1.29 is 26.8 Å². The molecule has 3 aromatic rings. The van der Waals surface area contributed by atoms with Crippen LogP contribution in [0, 0.1) is 0 Å². The zero-order chi connectivity index (χ0) is 22.8. The van der Waals surface area contributed by atoms with E-state index in [1.165, 1.54) is 23.5 Å². The Labute approximate surface area is 196 Å². The Kier molecular flexibility index (Phi) is 7.93. The topological polar surface area (TPSA) is 35.5 Å². The molecule has 0 saturated carbocycles. The summed E-state index contributed by atoms with van der Waals surface area (Å²) in [5.74, 6) is 0. The first-order chi connectivity index (χ1) is 14.6. The monoisotopic (exact) mass is 554 g/mol. The lowest BCUT2D eigenvalue weighted by atomic mass is 10.0. The second-order valence-corrected chi connectivity index (χ2v) is 11.2. The molecule has 0 N–H and O–H groups in total. The molecule has 0 aliphatic heterocycles. The van der Waals surface area contributed by atoms with Crippen molar-refractivity contribution >= 4 is 56.5 Å². The number of alkyl halides is 3. The predicted molar refractivity (Wildman–Crippen MR) is 123 cm³/mol. The third kappa shape index (κ3) is 5.37. The van der Waals surface area contributed by atoms with Crippen molar-refractivity contribution in [1.82, 2.24) is 0 Å². The highest BCUT2D eigenvalue weighted by Crippen LogP contribution is 2.64. The molecule has 0 fully saturated rings. The van der Waals surface area contributed by atoms with Gasteiger partial charge in [0.25, 0.3) is 0 Å². The van der Waals surface area contributed by atoms with Crippen LogP contribution in [0.1, 0.15) is 35.5 Å². The zero-order valence-electron chi connectivity index (χ0n) is 16.7. The number of benzene rings is 2. The van der Waals surface area contributed by atoms with E-state index in [0.717, 1.165) is 20.6 Å². The Morgan fingerprint density at radius 3 is 2.35 bits per heavy atom. The van der Waals surface area contributed by atoms with Crippen LogP contribution in [0.5, 0.6) is 0 Å². The molecule has 168 valence electrons. The van der Waals surface area contributed by atoms with E-state index in [9.17, 15) is 17.7 Å². The minimum absolute atomic E-state index is 0.0307. The minimum Gasteiger partial charge on any atom is -0.308 e. The average Bonchev–Trinajstić information content (AvgIpc) is 3.03. The van der Waals surface area contributed by atoms with Crippen molar-refractivity contribution in [2.24, 2.45) is 0 Å². The Balaban J connectivity index is 2.15. The molecule has 1 unspecified atom stereocenters. The summed E-state index contributed by atoms with van der Waals surface area (Å²) in [6.45, 7) is 3.69. The number of fused-ring (bicyclic) bond motifs is 1. The molecule has 0 saturated heterocycles. The highest BCUT2D eigenvalue weighted by atomic mass is 79.9. The second-order valence-electron chi connectivity index (χ2n) is 6.68. The Morgan fingerprint density at radius 1 is 1.13 bits per heavy atom. The fourth-order valence-electron chi connectivity index (χ4n) is 3.31. The van der Waals surface area contributed by atoms with Gasteiger partial charge in [0, 0.05) is 19.4 Å². The van der Waals surface area contributed by atoms with E-state index >= 15 is 0 Å². The maximum absolute atomic E-state index is 13.8. The molecule has 1 atom stereocenters. The number of rotatable bonds is 8. The van der Waals surface area contributed by atoms with Crippen LogP contribution in [-0.4, -0.2) is 13.2 Å². The molecule has 1 heterocycles. The van der Waals surface area contributed by atoms with E-state index in [0.29, 0.717) is 10.4 Å². The summed E-state index contributed by atoms with van der Waals surface area (Å²) >= 11 is 10.8. The van der Waals surface area contributed by atoms with Crippen LogP contribution in [0.15, 0.2) is 46.9 Å². The van der Waals surface area contributed by atoms with Gasteiger partial charge in [-0.15, -0.1) is 11.3 Å². The quantitative estimate of drug-likeness (QED) is 0.260. The van der Waals surface area contributed by atoms with Crippen LogP contribution in [0.25, 0.3) is 10.1 Å². The maximum Gasteiger partial charge on any atom is 0.417 e. The average molecular weight is 556 g/mol. The standard InChI is InChI=1S/C21H20BrClF3O3PS/c1-3-28-30(27,29-4-2)17(20-19(22)14-7-5-6-8-18(14)31-20)12-13-9-10-16(23)15(11-13)21(24,25)26/h5-11,17H,3-4,12H2,1-2H3. The van der Waals surface area contributed by atoms with Crippen LogP contribution < -0.4 is 0 Å². The summed E-state index contributed by atoms with van der Waals surface area (Å²) in [6.07, 6.45) is -4.56. The van der Waals surface area contributed by atoms with Crippen molar-refractivity contribution in [3.63, 3.8) is 0 Å². The molecular formula is C21H20BrClF3O3PS. The smallest absolute Gasteiger partial charge is 0.308 e. The third-order valence-corrected chi connectivity index (χ3v) is 9.97. The number of hydrogen-bond donors (Lipinski definition) is 0. The van der Waals surface area contributed by atoms with E-state index in [1.807, 2.05) is 24.3 Å². The highest BCUT2D eigenvalue weighted by Gasteiger charge is 2.40. The first-order valence-corrected chi connectivity index (χ1v) is 13.1. The molecule has 2 aromatic carbocycles. The molecule has 0 bridgehead atoms. The van der Waals surface area contributed by atoms with Crippen LogP contribution in [0.3, 0.4) is 0 Å². The lowest BCUT2D eigenvalue weighted by Gasteiger charge is -2.26. The van der Waals surface area contributed by atoms with Crippen LogP contribution in [-0.2, 0) is 26.2 Å². The van der Waals surface area contributed by atoms with Gasteiger partial charge in [-0.25, -0.2) is 0 Å². The molecule has 0 amide bonds. The Morgan fingerprint density at radius 2 is 1.77 bits per heavy atom. The van der Waals surface area contributed by atoms with Crippen LogP contribution in [0.2, 0.25) is 5.02 Å². The van der Waals surface area contributed by atoms with Gasteiger partial charge in [-0.1, -0.05) is 35.9 Å². The Hall–Kier alpha value is -0.890. The lowest BCUT2D eigenvalue weighted by Crippen LogP contribution is -2.11. The number of hydrogen-bond acceptors (Lipinski definition) is 4. The molecule has 10 heteroatoms. The molecule has 0 radical (unpaired) electrons. The third-order valence-electron chi connectivity index (χ3n) is 4.63. The zero-order valence-corrected chi connectivity index (χ0v) is 20.8. The van der Waals surface area contributed by atoms with Gasteiger partial charge >= 0.3 is 13.8 Å². The first kappa shape index (κ1) is 24.7. The van der Waals surface area contributed by atoms with E-state index in [1.54, 1.807) is 13.8 Å². The van der Waals surface area contributed by atoms with Gasteiger partial charge in [0.15, 0.2) is 0 Å². The predicted octanol–water partition coefficient (Wildman–Crippen LogP) is 8.89. The van der Waals surface area contributed by atoms with Crippen molar-refractivity contribution in [3.8, 4) is 0 Å². The summed E-state index contributed by atoms with van der Waals surface area (Å²) in [7, 11) is -3.70. The van der Waals surface area contributed by atoms with E-state index in [4.69, 9.17) is 20.6 Å². The van der Waals surface area contributed by atoms with Crippen molar-refractivity contribution in [3.05, 3.63) is 68.0 Å². The molecule has 1 aromatic heterocycles. The summed E-state index contributed by atoms with van der Waals surface area (Å²) in [6, 6.07) is 11.4. The van der Waals surface area contributed by atoms with Crippen molar-refractivity contribution in [2.45, 2.75) is 32.1 Å². The van der Waals surface area contributed by atoms with Gasteiger partial charge < -0.3 is 9.05 Å². The van der Waals surface area contributed by atoms with Crippen LogP contribution in [0.4, 0.5) is 13.2 Å². The summed E-state index contributed by atoms with van der Waals surface area (Å²) in [5, 5.41) is 0.549. The lowest BCUT2D eigenvalue weighted by molar-refractivity contribution is -0.137. The molecule has 3 nitrogen and oxygen atoms in total. The SMILES string of the molecule is CCOP(=O)(OCC)C(Cc1ccc(Cl)c(C(F)(F)F)c1)c1sc2ccccc2c1Br. The second kappa shape index (κ2) is 9.94. The maximum atomic E-state index is 13.8. The van der Waals surface area contributed by atoms with Gasteiger partial charge in [0.05, 0.1) is 23.8 Å². The molecule has 0 aliphatic carbocycles. The summed E-state index contributed by atoms with van der Waals surface area (Å²) in [5.41, 5.74) is -1.38. The van der Waals surface area contributed by atoms with Gasteiger partial charge in [0.1, 0.15) is 5.66 Å². The molecular weight excluding hydrogens is 536 g/mol. The molecule has 0 spiro atoms. The van der Waals surface area contributed by atoms with Gasteiger partial charge in [0.2, 0.25) is 0 Å². The fourth-order valence-corrected chi connectivity index (χ4v) is 8.34. The van der Waals surface area contributed by atoms with Gasteiger partial charge in [-0.2, -0.15) is 13.2 Å². The normalized spacial score (nSPS) is 13.6. The fraction of sp³-hybridized carbons (Fsp3) is 0.333. The number of halogens is 5. The van der Waals surface area contributed by atoms with Crippen molar-refractivity contribution in [2.75, 3.05) is 13.2 Å². The van der Waals surface area contributed by atoms with Crippen molar-refractivity contribution in [1.29, 1.82) is 0 Å². The minimum atomic E-state index is -4.59. The Bertz CT molecular complexity index is 1110.